The van der Waals surface area contributed by atoms with Crippen LogP contribution in [-0.4, -0.2) is 32.3 Å². The predicted molar refractivity (Wildman–Crippen MR) is 113 cm³/mol. The monoisotopic (exact) mass is 397 g/mol. The third-order valence-corrected chi connectivity index (χ3v) is 5.56. The third kappa shape index (κ3) is 3.12. The molecule has 4 rings (SSSR count). The van der Waals surface area contributed by atoms with Crippen LogP contribution in [0.1, 0.15) is 26.7 Å². The highest BCUT2D eigenvalue weighted by Crippen LogP contribution is 2.33. The molecule has 0 saturated carbocycles. The van der Waals surface area contributed by atoms with Gasteiger partial charge in [-0.2, -0.15) is 4.98 Å². The van der Waals surface area contributed by atoms with Gasteiger partial charge in [0.15, 0.2) is 11.2 Å². The maximum atomic E-state index is 13.2. The number of imidazole rings is 1. The zero-order chi connectivity index (χ0) is 20.7. The first kappa shape index (κ1) is 19.3. The summed E-state index contributed by atoms with van der Waals surface area (Å²) in [7, 11) is 3.33. The molecule has 0 bridgehead atoms. The molecule has 3 aromatic rings. The van der Waals surface area contributed by atoms with Gasteiger partial charge in [0.1, 0.15) is 5.75 Å². The summed E-state index contributed by atoms with van der Waals surface area (Å²) < 4.78 is 10.1. The number of anilines is 2. The number of hydrogen-bond donors (Lipinski definition) is 0. The fraction of sp³-hybridized carbons (Fsp3) is 0.476. The smallest absolute Gasteiger partial charge is 0.332 e. The molecule has 0 spiro atoms. The minimum absolute atomic E-state index is 0.251. The second-order valence-corrected chi connectivity index (χ2v) is 7.76. The highest BCUT2D eigenvalue weighted by atomic mass is 16.5. The van der Waals surface area contributed by atoms with Gasteiger partial charge >= 0.3 is 5.69 Å². The first-order chi connectivity index (χ1) is 14.0. The number of ether oxygens (including phenoxy) is 1. The van der Waals surface area contributed by atoms with E-state index in [4.69, 9.17) is 9.72 Å². The Hall–Kier alpha value is -3.03. The van der Waals surface area contributed by atoms with Gasteiger partial charge in [-0.25, -0.2) is 4.79 Å². The van der Waals surface area contributed by atoms with E-state index in [-0.39, 0.29) is 11.2 Å². The van der Waals surface area contributed by atoms with Crippen molar-refractivity contribution in [3.8, 4) is 5.75 Å². The molecule has 0 N–H and O–H groups in total. The molecule has 0 radical (unpaired) electrons. The molecule has 1 aromatic carbocycles. The van der Waals surface area contributed by atoms with Crippen molar-refractivity contribution in [3.05, 3.63) is 45.1 Å². The molecule has 29 heavy (non-hydrogen) atoms. The molecule has 1 aliphatic heterocycles. The van der Waals surface area contributed by atoms with Crippen LogP contribution in [0, 0.1) is 5.92 Å². The van der Waals surface area contributed by atoms with Gasteiger partial charge in [0.25, 0.3) is 5.56 Å². The highest BCUT2D eigenvalue weighted by molar-refractivity contribution is 5.77. The van der Waals surface area contributed by atoms with Gasteiger partial charge in [0.05, 0.1) is 7.11 Å². The normalized spacial score (nSPS) is 16.3. The number of aromatic nitrogens is 4. The van der Waals surface area contributed by atoms with Gasteiger partial charge in [-0.1, -0.05) is 20.3 Å². The van der Waals surface area contributed by atoms with Crippen molar-refractivity contribution in [1.29, 1.82) is 0 Å². The van der Waals surface area contributed by atoms with Crippen LogP contribution in [0.3, 0.4) is 0 Å². The molecule has 0 saturated heterocycles. The Morgan fingerprint density at radius 2 is 1.90 bits per heavy atom. The lowest BCUT2D eigenvalue weighted by Crippen LogP contribution is -2.40. The van der Waals surface area contributed by atoms with Gasteiger partial charge < -0.3 is 14.2 Å². The number of aryl methyl sites for hydroxylation is 1. The number of nitrogens with zero attached hydrogens (tertiary/aromatic N) is 5. The zero-order valence-corrected chi connectivity index (χ0v) is 17.4. The molecule has 0 aliphatic carbocycles. The third-order valence-electron chi connectivity index (χ3n) is 5.56. The lowest BCUT2D eigenvalue weighted by atomic mass is 10.1. The van der Waals surface area contributed by atoms with Crippen molar-refractivity contribution in [1.82, 2.24) is 18.7 Å². The fourth-order valence-corrected chi connectivity index (χ4v) is 4.00. The lowest BCUT2D eigenvalue weighted by Gasteiger charge is -2.33. The molecule has 1 atom stereocenters. The van der Waals surface area contributed by atoms with Gasteiger partial charge in [-0.15, -0.1) is 0 Å². The summed E-state index contributed by atoms with van der Waals surface area (Å²) in [4.78, 5) is 32.8. The minimum Gasteiger partial charge on any atom is -0.497 e. The molecule has 0 fully saturated rings. The Morgan fingerprint density at radius 3 is 2.55 bits per heavy atom. The van der Waals surface area contributed by atoms with Crippen molar-refractivity contribution in [3.63, 3.8) is 0 Å². The summed E-state index contributed by atoms with van der Waals surface area (Å²) in [6, 6.07) is 7.79. The lowest BCUT2D eigenvalue weighted by molar-refractivity contribution is 0.414. The summed E-state index contributed by atoms with van der Waals surface area (Å²) in [6.07, 6.45) is 1.70. The molecule has 0 unspecified atom stereocenters. The van der Waals surface area contributed by atoms with Crippen LogP contribution in [0.2, 0.25) is 0 Å². The summed E-state index contributed by atoms with van der Waals surface area (Å²) in [5, 5.41) is 0. The number of unbranched alkanes of at least 4 members (excludes halogenated alkanes) is 1. The van der Waals surface area contributed by atoms with Crippen LogP contribution in [0.5, 0.6) is 5.75 Å². The number of fused-ring (bicyclic) bond motifs is 3. The molecule has 0 amide bonds. The van der Waals surface area contributed by atoms with E-state index in [9.17, 15) is 9.59 Å². The second-order valence-electron chi connectivity index (χ2n) is 7.76. The zero-order valence-electron chi connectivity index (χ0n) is 17.4. The van der Waals surface area contributed by atoms with Crippen molar-refractivity contribution in [2.45, 2.75) is 39.8 Å². The summed E-state index contributed by atoms with van der Waals surface area (Å²) in [6.45, 7) is 6.11. The first-order valence-electron chi connectivity index (χ1n) is 10.1. The highest BCUT2D eigenvalue weighted by Gasteiger charge is 2.29. The largest absolute Gasteiger partial charge is 0.497 e. The van der Waals surface area contributed by atoms with E-state index in [0.29, 0.717) is 36.1 Å². The van der Waals surface area contributed by atoms with Crippen molar-refractivity contribution < 1.29 is 4.74 Å². The van der Waals surface area contributed by atoms with Gasteiger partial charge in [-0.3, -0.25) is 13.9 Å². The van der Waals surface area contributed by atoms with Crippen LogP contribution in [0.4, 0.5) is 11.6 Å². The molecular weight excluding hydrogens is 370 g/mol. The maximum Gasteiger partial charge on any atom is 0.332 e. The molecule has 3 heterocycles. The summed E-state index contributed by atoms with van der Waals surface area (Å²) in [5.41, 5.74) is 1.36. The van der Waals surface area contributed by atoms with E-state index in [0.717, 1.165) is 30.8 Å². The van der Waals surface area contributed by atoms with Crippen LogP contribution in [0.25, 0.3) is 11.2 Å². The maximum absolute atomic E-state index is 13.2. The number of methoxy groups -OCH3 is 1. The van der Waals surface area contributed by atoms with Gasteiger partial charge in [0.2, 0.25) is 5.95 Å². The van der Waals surface area contributed by atoms with Crippen molar-refractivity contribution in [2.75, 3.05) is 18.6 Å². The number of rotatable bonds is 5. The van der Waals surface area contributed by atoms with Crippen molar-refractivity contribution in [2.24, 2.45) is 13.0 Å². The predicted octanol–water partition coefficient (Wildman–Crippen LogP) is 2.49. The van der Waals surface area contributed by atoms with Crippen LogP contribution < -0.4 is 20.9 Å². The molecular formula is C21H27N5O3. The molecule has 1 aliphatic rings. The minimum atomic E-state index is -0.310. The Kier molecular flexibility index (Phi) is 4.94. The van der Waals surface area contributed by atoms with Gasteiger partial charge in [0, 0.05) is 32.4 Å². The Labute approximate surface area is 169 Å². The van der Waals surface area contributed by atoms with E-state index in [1.807, 2.05) is 35.8 Å². The topological polar surface area (TPSA) is 74.3 Å². The van der Waals surface area contributed by atoms with Crippen LogP contribution in [0.15, 0.2) is 33.9 Å². The molecule has 2 aromatic heterocycles. The molecule has 8 nitrogen and oxygen atoms in total. The molecule has 154 valence electrons. The van der Waals surface area contributed by atoms with Crippen LogP contribution in [-0.2, 0) is 20.1 Å². The fourth-order valence-electron chi connectivity index (χ4n) is 4.00. The second kappa shape index (κ2) is 7.42. The first-order valence-corrected chi connectivity index (χ1v) is 10.1. The van der Waals surface area contributed by atoms with E-state index in [2.05, 4.69) is 11.8 Å². The number of hydrogen-bond acceptors (Lipinski definition) is 5. The Balaban J connectivity index is 1.93. The molecule has 8 heteroatoms. The SMILES string of the molecule is CCCCn1c(=O)c2c(nc3n2C[C@@H](C)CN3c2ccc(OC)cc2)n(C)c1=O. The summed E-state index contributed by atoms with van der Waals surface area (Å²) >= 11 is 0. The number of benzene rings is 1. The van der Waals surface area contributed by atoms with Gasteiger partial charge in [-0.05, 0) is 36.6 Å². The van der Waals surface area contributed by atoms with E-state index in [1.54, 1.807) is 14.2 Å². The van der Waals surface area contributed by atoms with E-state index in [1.165, 1.54) is 9.13 Å². The Bertz CT molecular complexity index is 1160. The van der Waals surface area contributed by atoms with E-state index < -0.39 is 0 Å². The average Bonchev–Trinajstić information content (AvgIpc) is 3.11. The van der Waals surface area contributed by atoms with Crippen LogP contribution >= 0.6 is 0 Å². The quantitative estimate of drug-likeness (QED) is 0.661. The Morgan fingerprint density at radius 1 is 1.17 bits per heavy atom. The van der Waals surface area contributed by atoms with E-state index >= 15 is 0 Å². The average molecular weight is 397 g/mol. The standard InChI is InChI=1S/C21H27N5O3/c1-5-6-11-24-19(27)17-18(23(3)21(24)28)22-20-25(12-14(2)13-26(17)20)15-7-9-16(29-4)10-8-15/h7-10,14H,5-6,11-13H2,1-4H3/t14-/m0/s1. The van der Waals surface area contributed by atoms with Crippen molar-refractivity contribution >= 4 is 22.8 Å². The summed E-state index contributed by atoms with van der Waals surface area (Å²) in [5.74, 6) is 1.81.